The molecule has 0 atom stereocenters. The highest BCUT2D eigenvalue weighted by molar-refractivity contribution is 7.99. The van der Waals surface area contributed by atoms with E-state index in [-0.39, 0.29) is 6.42 Å². The molecule has 0 bridgehead atoms. The summed E-state index contributed by atoms with van der Waals surface area (Å²) in [5.74, 6) is 0.369. The molecule has 0 fully saturated rings. The van der Waals surface area contributed by atoms with Crippen molar-refractivity contribution in [2.75, 3.05) is 5.75 Å². The third-order valence-electron chi connectivity index (χ3n) is 2.54. The molecule has 19 heavy (non-hydrogen) atoms. The number of carbonyl (C=O) groups is 1. The second kappa shape index (κ2) is 9.93. The average Bonchev–Trinajstić information content (AvgIpc) is 2.38. The largest absolute Gasteiger partial charge is 0.481 e. The maximum atomic E-state index is 10.3. The minimum absolute atomic E-state index is 0.225. The Hall–Kier alpha value is -0.930. The number of rotatable bonds is 9. The topological polar surface area (TPSA) is 37.3 Å². The van der Waals surface area contributed by atoms with Gasteiger partial charge in [-0.25, -0.2) is 0 Å². The highest BCUT2D eigenvalue weighted by Gasteiger charge is 1.94. The van der Waals surface area contributed by atoms with Gasteiger partial charge in [-0.2, -0.15) is 0 Å². The first-order valence-corrected chi connectivity index (χ1v) is 7.80. The van der Waals surface area contributed by atoms with Crippen molar-refractivity contribution in [1.29, 1.82) is 0 Å². The van der Waals surface area contributed by atoms with Crippen LogP contribution in [-0.4, -0.2) is 16.8 Å². The number of hydrogen-bond acceptors (Lipinski definition) is 2. The number of allylic oxidation sites excluding steroid dienone is 2. The SMILES string of the molecule is O=C(O)CC/C=C\CCCCSc1ccc(Cl)cc1. The van der Waals surface area contributed by atoms with Crippen molar-refractivity contribution >= 4 is 29.3 Å². The standard InChI is InChI=1S/C15H19ClO2S/c16-13-8-10-14(11-9-13)19-12-6-4-2-1-3-5-7-15(17)18/h1,3,8-11H,2,4-7,12H2,(H,17,18)/b3-1-. The van der Waals surface area contributed by atoms with Crippen LogP contribution < -0.4 is 0 Å². The highest BCUT2D eigenvalue weighted by atomic mass is 35.5. The smallest absolute Gasteiger partial charge is 0.303 e. The lowest BCUT2D eigenvalue weighted by molar-refractivity contribution is -0.136. The number of carboxylic acids is 1. The minimum Gasteiger partial charge on any atom is -0.481 e. The van der Waals surface area contributed by atoms with Crippen molar-refractivity contribution in [3.05, 3.63) is 41.4 Å². The van der Waals surface area contributed by atoms with Gasteiger partial charge in [0.15, 0.2) is 0 Å². The molecule has 0 unspecified atom stereocenters. The molecule has 0 saturated carbocycles. The molecule has 0 aliphatic heterocycles. The zero-order chi connectivity index (χ0) is 13.9. The quantitative estimate of drug-likeness (QED) is 0.395. The van der Waals surface area contributed by atoms with E-state index >= 15 is 0 Å². The summed E-state index contributed by atoms with van der Waals surface area (Å²) in [5.41, 5.74) is 0. The molecule has 0 heterocycles. The number of halogens is 1. The lowest BCUT2D eigenvalue weighted by Crippen LogP contribution is -1.91. The second-order valence-electron chi connectivity index (χ2n) is 4.20. The fraction of sp³-hybridized carbons (Fsp3) is 0.400. The lowest BCUT2D eigenvalue weighted by atomic mass is 10.2. The van der Waals surface area contributed by atoms with Crippen molar-refractivity contribution in [3.8, 4) is 0 Å². The van der Waals surface area contributed by atoms with Gasteiger partial charge in [-0.15, -0.1) is 11.8 Å². The normalized spacial score (nSPS) is 11.0. The van der Waals surface area contributed by atoms with Crippen molar-refractivity contribution in [1.82, 2.24) is 0 Å². The fourth-order valence-electron chi connectivity index (χ4n) is 1.53. The molecule has 0 spiro atoms. The lowest BCUT2D eigenvalue weighted by Gasteiger charge is -2.00. The Morgan fingerprint density at radius 3 is 2.53 bits per heavy atom. The predicted octanol–water partition coefficient (Wildman–Crippen LogP) is 5.02. The van der Waals surface area contributed by atoms with Crippen LogP contribution in [0, 0.1) is 0 Å². The zero-order valence-electron chi connectivity index (χ0n) is 10.8. The maximum Gasteiger partial charge on any atom is 0.303 e. The first-order chi connectivity index (χ1) is 9.18. The second-order valence-corrected chi connectivity index (χ2v) is 5.81. The van der Waals surface area contributed by atoms with E-state index in [1.165, 1.54) is 4.90 Å². The van der Waals surface area contributed by atoms with Crippen LogP contribution in [0.15, 0.2) is 41.3 Å². The fourth-order valence-corrected chi connectivity index (χ4v) is 2.57. The number of thioether (sulfide) groups is 1. The summed E-state index contributed by atoms with van der Waals surface area (Å²) in [4.78, 5) is 11.5. The molecule has 1 N–H and O–H groups in total. The third kappa shape index (κ3) is 8.73. The highest BCUT2D eigenvalue weighted by Crippen LogP contribution is 2.21. The molecule has 0 radical (unpaired) electrons. The van der Waals surface area contributed by atoms with Crippen molar-refractivity contribution < 1.29 is 9.90 Å². The Labute approximate surface area is 123 Å². The summed E-state index contributed by atoms with van der Waals surface area (Å²) >= 11 is 7.66. The first-order valence-electron chi connectivity index (χ1n) is 6.43. The Bertz CT molecular complexity index is 401. The molecular formula is C15H19ClO2S. The van der Waals surface area contributed by atoms with Crippen LogP contribution in [0.3, 0.4) is 0 Å². The Balaban J connectivity index is 1.99. The van der Waals surface area contributed by atoms with Crippen molar-refractivity contribution in [3.63, 3.8) is 0 Å². The van der Waals surface area contributed by atoms with Gasteiger partial charge < -0.3 is 5.11 Å². The number of carboxylic acid groups (broad SMARTS) is 1. The number of benzene rings is 1. The van der Waals surface area contributed by atoms with Gasteiger partial charge in [0.25, 0.3) is 0 Å². The molecule has 1 aromatic carbocycles. The van der Waals surface area contributed by atoms with Gasteiger partial charge >= 0.3 is 5.97 Å². The third-order valence-corrected chi connectivity index (χ3v) is 3.89. The molecule has 0 aliphatic carbocycles. The molecule has 2 nitrogen and oxygen atoms in total. The summed E-state index contributed by atoms with van der Waals surface area (Å²) in [7, 11) is 0. The van der Waals surface area contributed by atoms with Crippen LogP contribution in [0.4, 0.5) is 0 Å². The zero-order valence-corrected chi connectivity index (χ0v) is 12.4. The summed E-state index contributed by atoms with van der Waals surface area (Å²) in [6, 6.07) is 7.90. The van der Waals surface area contributed by atoms with Gasteiger partial charge in [0.2, 0.25) is 0 Å². The Morgan fingerprint density at radius 1 is 1.16 bits per heavy atom. The molecule has 0 aliphatic rings. The molecule has 0 amide bonds. The molecular weight excluding hydrogens is 280 g/mol. The van der Waals surface area contributed by atoms with Crippen molar-refractivity contribution in [2.45, 2.75) is 37.0 Å². The van der Waals surface area contributed by atoms with Gasteiger partial charge in [0.1, 0.15) is 0 Å². The summed E-state index contributed by atoms with van der Waals surface area (Å²) < 4.78 is 0. The number of hydrogen-bond donors (Lipinski definition) is 1. The van der Waals surface area contributed by atoms with Crippen LogP contribution >= 0.6 is 23.4 Å². The van der Waals surface area contributed by atoms with Gasteiger partial charge in [0, 0.05) is 16.3 Å². The van der Waals surface area contributed by atoms with Crippen LogP contribution in [0.5, 0.6) is 0 Å². The van der Waals surface area contributed by atoms with E-state index in [1.54, 1.807) is 0 Å². The van der Waals surface area contributed by atoms with E-state index in [2.05, 4.69) is 6.08 Å². The monoisotopic (exact) mass is 298 g/mol. The maximum absolute atomic E-state index is 10.3. The van der Waals surface area contributed by atoms with E-state index in [0.717, 1.165) is 30.0 Å². The first kappa shape index (κ1) is 16.1. The molecule has 1 aromatic rings. The van der Waals surface area contributed by atoms with E-state index in [1.807, 2.05) is 42.1 Å². The van der Waals surface area contributed by atoms with Gasteiger partial charge in [-0.3, -0.25) is 4.79 Å². The number of aliphatic carboxylic acids is 1. The molecule has 1 rings (SSSR count). The molecule has 4 heteroatoms. The van der Waals surface area contributed by atoms with Gasteiger partial charge in [0.05, 0.1) is 0 Å². The van der Waals surface area contributed by atoms with Crippen LogP contribution in [0.2, 0.25) is 5.02 Å². The van der Waals surface area contributed by atoms with E-state index in [4.69, 9.17) is 16.7 Å². The molecule has 0 aromatic heterocycles. The van der Waals surface area contributed by atoms with E-state index in [9.17, 15) is 4.79 Å². The van der Waals surface area contributed by atoms with E-state index < -0.39 is 5.97 Å². The van der Waals surface area contributed by atoms with Crippen LogP contribution in [-0.2, 0) is 4.79 Å². The van der Waals surface area contributed by atoms with Crippen LogP contribution in [0.25, 0.3) is 0 Å². The summed E-state index contributed by atoms with van der Waals surface area (Å²) in [5, 5.41) is 9.24. The summed E-state index contributed by atoms with van der Waals surface area (Å²) in [6.07, 6.45) is 8.23. The minimum atomic E-state index is -0.732. The van der Waals surface area contributed by atoms with Gasteiger partial charge in [-0.1, -0.05) is 23.8 Å². The predicted molar refractivity (Wildman–Crippen MR) is 82.0 cm³/mol. The Kier molecular flexibility index (Phi) is 8.43. The molecule has 0 saturated heterocycles. The molecule has 104 valence electrons. The number of unbranched alkanes of at least 4 members (excludes halogenated alkanes) is 2. The van der Waals surface area contributed by atoms with Crippen LogP contribution in [0.1, 0.15) is 32.1 Å². The Morgan fingerprint density at radius 2 is 1.84 bits per heavy atom. The van der Waals surface area contributed by atoms with Crippen molar-refractivity contribution in [2.24, 2.45) is 0 Å². The average molecular weight is 299 g/mol. The summed E-state index contributed by atoms with van der Waals surface area (Å²) in [6.45, 7) is 0. The van der Waals surface area contributed by atoms with E-state index in [0.29, 0.717) is 6.42 Å². The van der Waals surface area contributed by atoms with Gasteiger partial charge in [-0.05, 0) is 55.7 Å².